The molecule has 0 bridgehead atoms. The van der Waals surface area contributed by atoms with Crippen molar-refractivity contribution in [1.29, 1.82) is 0 Å². The van der Waals surface area contributed by atoms with Crippen LogP contribution in [0, 0.1) is 82.7 Å². The molecule has 640 valence electrons. The van der Waals surface area contributed by atoms with Crippen molar-refractivity contribution < 1.29 is 60.6 Å². The van der Waals surface area contributed by atoms with E-state index in [1.807, 2.05) is 302 Å². The second-order valence-corrected chi connectivity index (χ2v) is 34.7. The van der Waals surface area contributed by atoms with Gasteiger partial charge >= 0.3 is 0 Å². The fourth-order valence-electron chi connectivity index (χ4n) is 19.8. The van der Waals surface area contributed by atoms with Gasteiger partial charge in [0.25, 0.3) is 0 Å². The topological polar surface area (TPSA) is 68.1 Å². The summed E-state index contributed by atoms with van der Waals surface area (Å²) in [6.45, 7) is -1.93. The number of aryl methyl sites for hydroxylation is 16. The lowest BCUT2D eigenvalue weighted by molar-refractivity contribution is -0.660. The van der Waals surface area contributed by atoms with Crippen LogP contribution in [0.4, 0.5) is 0 Å². The quantitative estimate of drug-likeness (QED) is 0.142. The van der Waals surface area contributed by atoms with Gasteiger partial charge in [0.1, 0.15) is 72.9 Å². The highest BCUT2D eigenvalue weighted by atomic mass is 16.3. The predicted octanol–water partition coefficient (Wildman–Crippen LogP) is 31.3. The standard InChI is InChI=1S/C32H28NO.2C31H26NO.C30H24NO/c1-19-16-27-29-20(2)15-21(3)30(32(29)34-31(27)25-14-10-9-13-24(19)25)28-17-26(22(4)18-33(28)5)23-11-7-6-8-12-23;1-19-16-20(2)29(27-17-26(21(3)18-32(27)4)22-10-6-5-7-11-22)31-28(19)25-15-14-23-12-8-9-13-24(23)30(25)33-31;1-19-14-15-25-27-16-20(2)23-12-8-9-13-24(23)30(27)33-31(25)29(19)28-17-26(21(3)18-32(28)4)22-10-6-5-7-11-22;1-19-17-20(2)28(26-18-23(15-16-31(26)3)21-9-5-4-6-10-21)30-27(19)25-14-13-22-11-7-8-12-24(22)29(25)32-30/h6-18H,1-5H3;2*5-18H,1-4H3;4-18H,1-3H3/q4*+1/i2D3,4D3;1D3,3D3;3D3;1D3. The summed E-state index contributed by atoms with van der Waals surface area (Å²) in [6.07, 6.45) is 7.07. The largest absolute Gasteiger partial charge is 0.454 e. The summed E-state index contributed by atoms with van der Waals surface area (Å²) in [6, 6.07) is 103. The zero-order valence-electron chi connectivity index (χ0n) is 92.8. The Hall–Kier alpha value is -15.6. The summed E-state index contributed by atoms with van der Waals surface area (Å²) in [5.74, 6) is 0. The number of fused-ring (bicyclic) bond motifs is 20. The van der Waals surface area contributed by atoms with Gasteiger partial charge in [0.15, 0.2) is 24.8 Å². The average molecular weight is 1730 g/mol. The van der Waals surface area contributed by atoms with Crippen LogP contribution in [0.5, 0.6) is 0 Å². The van der Waals surface area contributed by atoms with Crippen molar-refractivity contribution in [3.8, 4) is 89.5 Å². The summed E-state index contributed by atoms with van der Waals surface area (Å²) in [5.41, 5.74) is 25.7. The molecule has 24 aromatic rings. The number of nitrogens with zero attached hydrogens (tertiary/aromatic N) is 4. The van der Waals surface area contributed by atoms with Crippen molar-refractivity contribution in [3.05, 3.63) is 407 Å². The van der Waals surface area contributed by atoms with Gasteiger partial charge in [-0.25, -0.2) is 18.3 Å². The van der Waals surface area contributed by atoms with E-state index in [2.05, 4.69) is 79.1 Å². The third-order valence-electron chi connectivity index (χ3n) is 26.2. The molecule has 16 aromatic carbocycles. The summed E-state index contributed by atoms with van der Waals surface area (Å²) in [4.78, 5) is 0. The van der Waals surface area contributed by atoms with Crippen LogP contribution in [-0.2, 0) is 28.2 Å². The van der Waals surface area contributed by atoms with Gasteiger partial charge in [0, 0.05) is 136 Å². The lowest BCUT2D eigenvalue weighted by Gasteiger charge is -2.11. The first kappa shape index (κ1) is 65.0. The van der Waals surface area contributed by atoms with Crippen LogP contribution < -0.4 is 18.3 Å². The minimum absolute atomic E-state index is 0.234. The number of hydrogen-bond donors (Lipinski definition) is 0. The zero-order valence-corrected chi connectivity index (χ0v) is 74.8. The highest BCUT2D eigenvalue weighted by Crippen LogP contribution is 2.49. The fourth-order valence-corrected chi connectivity index (χ4v) is 19.8. The van der Waals surface area contributed by atoms with Crippen LogP contribution in [0.25, 0.3) is 220 Å². The minimum atomic E-state index is -2.36. The molecule has 0 atom stereocenters. The van der Waals surface area contributed by atoms with E-state index in [0.717, 1.165) is 182 Å². The molecule has 132 heavy (non-hydrogen) atoms. The molecular weight excluding hydrogens is 1610 g/mol. The highest BCUT2D eigenvalue weighted by molar-refractivity contribution is 6.23. The summed E-state index contributed by atoms with van der Waals surface area (Å²) >= 11 is 0. The molecule has 0 saturated carbocycles. The zero-order chi connectivity index (χ0) is 106. The summed E-state index contributed by atoms with van der Waals surface area (Å²) in [7, 11) is 7.52. The van der Waals surface area contributed by atoms with Crippen molar-refractivity contribution in [1.82, 2.24) is 0 Å². The van der Waals surface area contributed by atoms with Gasteiger partial charge in [0.05, 0.1) is 22.3 Å². The normalized spacial score (nSPS) is 14.2. The number of hydrogen-bond acceptors (Lipinski definition) is 4. The molecular formula is C124H104N4O4+4. The third kappa shape index (κ3) is 14.3. The van der Waals surface area contributed by atoms with Crippen LogP contribution in [-0.4, -0.2) is 0 Å². The first-order valence-electron chi connectivity index (χ1n) is 53.2. The average Bonchev–Trinajstić information content (AvgIpc) is 1.60. The van der Waals surface area contributed by atoms with Crippen LogP contribution in [0.3, 0.4) is 0 Å². The first-order chi connectivity index (χ1) is 71.4. The van der Waals surface area contributed by atoms with E-state index in [1.165, 1.54) is 10.9 Å². The Morgan fingerprint density at radius 3 is 0.917 bits per heavy atom. The molecule has 0 unspecified atom stereocenters. The van der Waals surface area contributed by atoms with E-state index in [4.69, 9.17) is 42.3 Å². The lowest BCUT2D eigenvalue weighted by Crippen LogP contribution is -2.31. The molecule has 0 N–H and O–H groups in total. The van der Waals surface area contributed by atoms with Crippen molar-refractivity contribution in [2.45, 2.75) is 82.7 Å². The van der Waals surface area contributed by atoms with E-state index in [-0.39, 0.29) is 22.3 Å². The summed E-state index contributed by atoms with van der Waals surface area (Å²) < 4.78 is 183. The third-order valence-corrected chi connectivity index (χ3v) is 26.2. The smallest absolute Gasteiger partial charge is 0.216 e. The monoisotopic (exact) mass is 1730 g/mol. The molecule has 8 aromatic heterocycles. The molecule has 0 aliphatic rings. The van der Waals surface area contributed by atoms with Crippen LogP contribution in [0.15, 0.2) is 358 Å². The minimum Gasteiger partial charge on any atom is -0.454 e. The summed E-state index contributed by atoms with van der Waals surface area (Å²) in [5, 5.41) is 14.4. The molecule has 0 radical (unpaired) electrons. The predicted molar refractivity (Wildman–Crippen MR) is 550 cm³/mol. The number of furan rings is 4. The highest BCUT2D eigenvalue weighted by Gasteiger charge is 2.31. The van der Waals surface area contributed by atoms with Crippen LogP contribution >= 0.6 is 0 Å². The fraction of sp³-hybridized carbons (Fsp3) is 0.129. The molecule has 8 heterocycles. The molecule has 0 spiro atoms. The first-order valence-corrected chi connectivity index (χ1v) is 44.2. The van der Waals surface area contributed by atoms with Crippen LogP contribution in [0.2, 0.25) is 0 Å². The van der Waals surface area contributed by atoms with Gasteiger partial charge in [0.2, 0.25) is 22.8 Å². The number of aromatic nitrogens is 4. The SMILES string of the molecule is [2H]C([2H])([2H])c1c[n+](C)c(-c2c(C)cc(C([2H])([2H])[2H])c3c2oc2c4ccccc4c(C)cc23)cc1-c1ccccc1.[2H]C([2H])([2H])c1c[n+](C)c(-c2c(C)cc(C([2H])([2H])[2H])c3c2oc2c4ccccc4ccc23)cc1-c1ccccc1.[2H]C([2H])([2H])c1c[n+](C)c(-c2c(C)ccc3c2oc2c4ccccc4c(C)cc32)cc1-c1ccccc1.[2H]C([2H])([2H])c1cc(C)c(-c2cc(-c3ccccc3)cc[n+]2C)c2oc3c4ccccc4ccc3c12. The molecule has 8 heteroatoms. The van der Waals surface area contributed by atoms with Gasteiger partial charge in [-0.3, -0.25) is 0 Å². The number of pyridine rings is 4. The Kier molecular flexibility index (Phi) is 16.5. The van der Waals surface area contributed by atoms with E-state index < -0.39 is 41.1 Å². The van der Waals surface area contributed by atoms with Crippen molar-refractivity contribution >= 4 is 131 Å². The van der Waals surface area contributed by atoms with Crippen molar-refractivity contribution in [2.24, 2.45) is 28.2 Å². The molecule has 0 aliphatic carbocycles. The molecule has 0 amide bonds. The van der Waals surface area contributed by atoms with Crippen molar-refractivity contribution in [3.63, 3.8) is 0 Å². The van der Waals surface area contributed by atoms with Gasteiger partial charge in [-0.1, -0.05) is 261 Å². The van der Waals surface area contributed by atoms with Crippen LogP contribution in [0.1, 0.15) is 91.4 Å². The van der Waals surface area contributed by atoms with Gasteiger partial charge < -0.3 is 17.7 Å². The van der Waals surface area contributed by atoms with E-state index in [9.17, 15) is 0 Å². The Labute approximate surface area is 794 Å². The second kappa shape index (κ2) is 33.5. The maximum atomic E-state index is 8.37. The number of rotatable bonds is 8. The van der Waals surface area contributed by atoms with Gasteiger partial charge in [-0.05, 0) is 223 Å². The lowest BCUT2D eigenvalue weighted by atomic mass is 9.93. The molecule has 0 aliphatic heterocycles. The Morgan fingerprint density at radius 2 is 0.508 bits per heavy atom. The second-order valence-electron chi connectivity index (χ2n) is 34.7. The molecule has 24 rings (SSSR count). The van der Waals surface area contributed by atoms with E-state index in [0.29, 0.717) is 71.9 Å². The van der Waals surface area contributed by atoms with Crippen molar-refractivity contribution in [2.75, 3.05) is 0 Å². The number of benzene rings is 16. The Balaban J connectivity index is 0.000000117. The van der Waals surface area contributed by atoms with Gasteiger partial charge in [-0.15, -0.1) is 0 Å². The Bertz CT molecular complexity index is 9590. The molecule has 8 nitrogen and oxygen atoms in total. The Morgan fingerprint density at radius 1 is 0.197 bits per heavy atom. The van der Waals surface area contributed by atoms with E-state index in [1.54, 1.807) is 46.9 Å². The van der Waals surface area contributed by atoms with Gasteiger partial charge in [-0.2, -0.15) is 0 Å². The molecule has 0 fully saturated rings. The van der Waals surface area contributed by atoms with E-state index >= 15 is 0 Å². The molecule has 0 saturated heterocycles. The maximum absolute atomic E-state index is 8.37. The maximum Gasteiger partial charge on any atom is 0.216 e.